The number of nitrogens with zero attached hydrogens (tertiary/aromatic N) is 3. The van der Waals surface area contributed by atoms with Gasteiger partial charge in [0.2, 0.25) is 17.7 Å². The van der Waals surface area contributed by atoms with Crippen molar-refractivity contribution in [1.82, 2.24) is 20.5 Å². The first-order chi connectivity index (χ1) is 18.9. The van der Waals surface area contributed by atoms with E-state index in [4.69, 9.17) is 0 Å². The highest BCUT2D eigenvalue weighted by molar-refractivity contribution is 8.01. The fourth-order valence-corrected chi connectivity index (χ4v) is 7.68. The Morgan fingerprint density at radius 3 is 2.40 bits per heavy atom. The van der Waals surface area contributed by atoms with E-state index in [2.05, 4.69) is 21.7 Å². The molecular formula is C30H39N5O3S2. The lowest BCUT2D eigenvalue weighted by molar-refractivity contribution is -0.142. The average molecular weight is 582 g/mol. The largest absolute Gasteiger partial charge is 0.348 e. The van der Waals surface area contributed by atoms with E-state index in [1.807, 2.05) is 71.3 Å². The predicted octanol–water partition coefficient (Wildman–Crippen LogP) is 5.00. The summed E-state index contributed by atoms with van der Waals surface area (Å²) in [6.07, 6.45) is 2.28. The van der Waals surface area contributed by atoms with Crippen LogP contribution in [0.15, 0.2) is 29.8 Å². The molecule has 2 aliphatic rings. The lowest BCUT2D eigenvalue weighted by Crippen LogP contribution is -2.60. The maximum absolute atomic E-state index is 14.0. The third-order valence-electron chi connectivity index (χ3n) is 7.77. The van der Waals surface area contributed by atoms with Crippen LogP contribution in [0.2, 0.25) is 0 Å². The van der Waals surface area contributed by atoms with E-state index >= 15 is 0 Å². The lowest BCUT2D eigenvalue weighted by atomic mass is 9.98. The van der Waals surface area contributed by atoms with Crippen molar-refractivity contribution in [3.63, 3.8) is 0 Å². The van der Waals surface area contributed by atoms with Gasteiger partial charge in [-0.05, 0) is 69.8 Å². The zero-order chi connectivity index (χ0) is 29.2. The molecule has 2 heterocycles. The minimum absolute atomic E-state index is 0.198. The molecule has 1 aliphatic heterocycles. The van der Waals surface area contributed by atoms with E-state index in [-0.39, 0.29) is 23.1 Å². The summed E-state index contributed by atoms with van der Waals surface area (Å²) in [5.41, 5.74) is 3.86. The molecule has 214 valence electrons. The van der Waals surface area contributed by atoms with Gasteiger partial charge in [0.15, 0.2) is 0 Å². The number of thiazole rings is 1. The zero-order valence-electron chi connectivity index (χ0n) is 24.1. The number of nitriles is 1. The molecule has 1 saturated carbocycles. The van der Waals surface area contributed by atoms with Crippen molar-refractivity contribution >= 4 is 40.8 Å². The van der Waals surface area contributed by atoms with Crippen molar-refractivity contribution in [2.24, 2.45) is 5.41 Å². The summed E-state index contributed by atoms with van der Waals surface area (Å²) < 4.78 is -0.637. The molecule has 8 nitrogen and oxygen atoms in total. The minimum Gasteiger partial charge on any atom is -0.348 e. The van der Waals surface area contributed by atoms with Gasteiger partial charge in [-0.2, -0.15) is 17.0 Å². The first-order valence-electron chi connectivity index (χ1n) is 13.9. The normalized spacial score (nSPS) is 19.6. The number of nitrogens with one attached hydrogen (secondary N) is 2. The number of rotatable bonds is 10. The predicted molar refractivity (Wildman–Crippen MR) is 160 cm³/mol. The van der Waals surface area contributed by atoms with E-state index in [1.165, 1.54) is 0 Å². The number of carbonyl (C=O) groups is 3. The van der Waals surface area contributed by atoms with E-state index < -0.39 is 28.2 Å². The number of benzene rings is 1. The molecular weight excluding hydrogens is 542 g/mol. The SMILES string of the molecule is Cc1ncsc1-c1ccc(C(C)NC(=O)[C@@H]2CCCN2C(=O)C(NC(=O)C2(C#N)CC2)C(C)(C)SC(C)C)cc1. The second kappa shape index (κ2) is 11.9. The Hall–Kier alpha value is -2.90. The van der Waals surface area contributed by atoms with Gasteiger partial charge in [-0.15, -0.1) is 11.3 Å². The number of hydrogen-bond acceptors (Lipinski definition) is 7. The van der Waals surface area contributed by atoms with Crippen molar-refractivity contribution in [1.29, 1.82) is 5.26 Å². The van der Waals surface area contributed by atoms with Crippen molar-refractivity contribution in [3.8, 4) is 16.5 Å². The summed E-state index contributed by atoms with van der Waals surface area (Å²) in [5, 5.41) is 15.8. The van der Waals surface area contributed by atoms with Crippen LogP contribution in [0, 0.1) is 23.7 Å². The highest BCUT2D eigenvalue weighted by Gasteiger charge is 2.53. The van der Waals surface area contributed by atoms with Gasteiger partial charge in [0.05, 0.1) is 28.2 Å². The van der Waals surface area contributed by atoms with Crippen LogP contribution in [0.4, 0.5) is 0 Å². The first-order valence-corrected chi connectivity index (χ1v) is 15.7. The van der Waals surface area contributed by atoms with Crippen LogP contribution >= 0.6 is 23.1 Å². The highest BCUT2D eigenvalue weighted by atomic mass is 32.2. The fraction of sp³-hybridized carbons (Fsp3) is 0.567. The Balaban J connectivity index is 1.48. The Morgan fingerprint density at radius 1 is 1.18 bits per heavy atom. The summed E-state index contributed by atoms with van der Waals surface area (Å²) >= 11 is 3.20. The summed E-state index contributed by atoms with van der Waals surface area (Å²) in [6, 6.07) is 8.52. The van der Waals surface area contributed by atoms with Crippen LogP contribution in [-0.2, 0) is 14.4 Å². The smallest absolute Gasteiger partial charge is 0.247 e. The van der Waals surface area contributed by atoms with Gasteiger partial charge < -0.3 is 15.5 Å². The van der Waals surface area contributed by atoms with E-state index in [9.17, 15) is 19.6 Å². The van der Waals surface area contributed by atoms with Crippen LogP contribution < -0.4 is 10.6 Å². The average Bonchev–Trinajstić information content (AvgIpc) is 3.33. The topological polar surface area (TPSA) is 115 Å². The Labute approximate surface area is 245 Å². The molecule has 2 fully saturated rings. The Kier molecular flexibility index (Phi) is 8.96. The zero-order valence-corrected chi connectivity index (χ0v) is 25.7. The highest BCUT2D eigenvalue weighted by Crippen LogP contribution is 2.45. The molecule has 0 spiro atoms. The second-order valence-corrected chi connectivity index (χ2v) is 14.8. The van der Waals surface area contributed by atoms with Gasteiger partial charge in [0, 0.05) is 11.3 Å². The van der Waals surface area contributed by atoms with Crippen molar-refractivity contribution in [2.75, 3.05) is 6.54 Å². The third kappa shape index (κ3) is 6.36. The molecule has 1 aliphatic carbocycles. The van der Waals surface area contributed by atoms with Crippen molar-refractivity contribution in [3.05, 3.63) is 41.0 Å². The van der Waals surface area contributed by atoms with E-state index in [0.717, 1.165) is 21.7 Å². The quantitative estimate of drug-likeness (QED) is 0.408. The standard InChI is InChI=1S/C30H39N5O3S2/c1-18(2)40-29(5,6)25(34-28(38)30(16-31)13-14-30)27(37)35-15-7-8-23(35)26(36)33-19(3)21-9-11-22(12-10-21)24-20(4)32-17-39-24/h9-12,17-19,23,25H,7-8,13-15H2,1-6H3,(H,33,36)(H,34,38)/t19?,23-,25?/m0/s1. The molecule has 3 atom stereocenters. The second-order valence-electron chi connectivity index (χ2n) is 11.7. The number of amides is 3. The van der Waals surface area contributed by atoms with Gasteiger partial charge in [-0.3, -0.25) is 14.4 Å². The molecule has 0 bridgehead atoms. The van der Waals surface area contributed by atoms with Gasteiger partial charge in [0.1, 0.15) is 17.5 Å². The number of aromatic nitrogens is 1. The molecule has 1 aromatic carbocycles. The summed E-state index contributed by atoms with van der Waals surface area (Å²) in [6.45, 7) is 12.4. The number of carbonyl (C=O) groups excluding carboxylic acids is 3. The molecule has 2 N–H and O–H groups in total. The van der Waals surface area contributed by atoms with Crippen LogP contribution in [-0.4, -0.2) is 56.2 Å². The fourth-order valence-electron chi connectivity index (χ4n) is 5.36. The number of hydrogen-bond donors (Lipinski definition) is 2. The number of likely N-dealkylation sites (tertiary alicyclic amines) is 1. The van der Waals surface area contributed by atoms with Crippen LogP contribution in [0.25, 0.3) is 10.4 Å². The molecule has 3 amide bonds. The molecule has 40 heavy (non-hydrogen) atoms. The van der Waals surface area contributed by atoms with Crippen LogP contribution in [0.1, 0.15) is 77.6 Å². The minimum atomic E-state index is -1.04. The Bertz CT molecular complexity index is 1290. The molecule has 4 rings (SSSR count). The molecule has 1 aromatic heterocycles. The van der Waals surface area contributed by atoms with Crippen LogP contribution in [0.5, 0.6) is 0 Å². The third-order valence-corrected chi connectivity index (χ3v) is 10.1. The van der Waals surface area contributed by atoms with Gasteiger partial charge in [-0.25, -0.2) is 4.98 Å². The van der Waals surface area contributed by atoms with Crippen LogP contribution in [0.3, 0.4) is 0 Å². The molecule has 2 aromatic rings. The Morgan fingerprint density at radius 2 is 1.85 bits per heavy atom. The summed E-state index contributed by atoms with van der Waals surface area (Å²) in [5.74, 6) is -0.859. The number of aryl methyl sites for hydroxylation is 1. The maximum atomic E-state index is 14.0. The molecule has 2 unspecified atom stereocenters. The molecule has 10 heteroatoms. The monoisotopic (exact) mass is 581 g/mol. The van der Waals surface area contributed by atoms with Crippen molar-refractivity contribution in [2.45, 2.75) is 95.3 Å². The number of thioether (sulfide) groups is 1. The summed E-state index contributed by atoms with van der Waals surface area (Å²) in [4.78, 5) is 47.6. The summed E-state index contributed by atoms with van der Waals surface area (Å²) in [7, 11) is 0. The maximum Gasteiger partial charge on any atom is 0.247 e. The molecule has 1 saturated heterocycles. The lowest BCUT2D eigenvalue weighted by Gasteiger charge is -2.38. The molecule has 0 radical (unpaired) electrons. The van der Waals surface area contributed by atoms with Gasteiger partial charge in [0.25, 0.3) is 0 Å². The van der Waals surface area contributed by atoms with Gasteiger partial charge in [-0.1, -0.05) is 38.1 Å². The van der Waals surface area contributed by atoms with E-state index in [0.29, 0.717) is 32.2 Å². The van der Waals surface area contributed by atoms with Gasteiger partial charge >= 0.3 is 0 Å². The van der Waals surface area contributed by atoms with Crippen molar-refractivity contribution < 1.29 is 14.4 Å². The van der Waals surface area contributed by atoms with E-state index in [1.54, 1.807) is 28.0 Å². The first kappa shape index (κ1) is 30.1.